The summed E-state index contributed by atoms with van der Waals surface area (Å²) >= 11 is 0. The first-order chi connectivity index (χ1) is 7.33. The molecule has 0 spiro atoms. The fourth-order valence-corrected chi connectivity index (χ4v) is 2.24. The van der Waals surface area contributed by atoms with Gasteiger partial charge >= 0.3 is 0 Å². The van der Waals surface area contributed by atoms with Gasteiger partial charge in [-0.1, -0.05) is 45.4 Å². The molecule has 0 aromatic rings. The highest BCUT2D eigenvalue weighted by atomic mass is 16.1. The van der Waals surface area contributed by atoms with Crippen LogP contribution < -0.4 is 5.32 Å². The summed E-state index contributed by atoms with van der Waals surface area (Å²) in [7, 11) is 0. The third-order valence-corrected chi connectivity index (χ3v) is 3.33. The van der Waals surface area contributed by atoms with E-state index in [1.54, 1.807) is 0 Å². The summed E-state index contributed by atoms with van der Waals surface area (Å²) in [6, 6.07) is 0. The van der Waals surface area contributed by atoms with Crippen molar-refractivity contribution in [3.8, 4) is 0 Å². The number of amides is 1. The van der Waals surface area contributed by atoms with E-state index in [1.165, 1.54) is 44.9 Å². The van der Waals surface area contributed by atoms with Gasteiger partial charge in [0.2, 0.25) is 5.91 Å². The summed E-state index contributed by atoms with van der Waals surface area (Å²) in [5.74, 6) is 1.00. The number of nitrogens with one attached hydrogen (secondary N) is 1. The number of rotatable bonds is 7. The maximum Gasteiger partial charge on any atom is 0.220 e. The van der Waals surface area contributed by atoms with Crippen LogP contribution in [0.5, 0.6) is 0 Å². The lowest BCUT2D eigenvalue weighted by Crippen LogP contribution is -2.34. The fraction of sp³-hybridized carbons (Fsp3) is 0.923. The molecule has 0 bridgehead atoms. The van der Waals surface area contributed by atoms with Crippen molar-refractivity contribution >= 4 is 5.91 Å². The summed E-state index contributed by atoms with van der Waals surface area (Å²) in [6.07, 6.45) is 11.4. The minimum absolute atomic E-state index is 0.245. The van der Waals surface area contributed by atoms with Gasteiger partial charge in [0.25, 0.3) is 0 Å². The molecule has 1 N–H and O–H groups in total. The van der Waals surface area contributed by atoms with Crippen LogP contribution in [0.3, 0.4) is 0 Å². The lowest BCUT2D eigenvalue weighted by molar-refractivity contribution is -0.123. The molecule has 88 valence electrons. The Balaban J connectivity index is 1.89. The Kier molecular flexibility index (Phi) is 6.45. The van der Waals surface area contributed by atoms with Crippen molar-refractivity contribution in [3.63, 3.8) is 0 Å². The molecule has 1 saturated heterocycles. The normalized spacial score (nSPS) is 21.4. The van der Waals surface area contributed by atoms with E-state index in [-0.39, 0.29) is 5.91 Å². The largest absolute Gasteiger partial charge is 0.356 e. The van der Waals surface area contributed by atoms with Gasteiger partial charge in [-0.3, -0.25) is 4.79 Å². The standard InChI is InChI=1S/C13H25NO/c1-2-3-4-5-6-7-8-12-9-10-13(15)14-11-12/h12H,2-11H2,1H3,(H,14,15). The molecular formula is C13H25NO. The van der Waals surface area contributed by atoms with Crippen LogP contribution in [0.4, 0.5) is 0 Å². The van der Waals surface area contributed by atoms with Crippen molar-refractivity contribution in [1.29, 1.82) is 0 Å². The Morgan fingerprint density at radius 2 is 1.93 bits per heavy atom. The van der Waals surface area contributed by atoms with Crippen LogP contribution in [-0.4, -0.2) is 12.5 Å². The van der Waals surface area contributed by atoms with E-state index in [1.807, 2.05) is 0 Å². The zero-order chi connectivity index (χ0) is 10.9. The quantitative estimate of drug-likeness (QED) is 0.643. The van der Waals surface area contributed by atoms with Gasteiger partial charge in [0.1, 0.15) is 0 Å². The van der Waals surface area contributed by atoms with Gasteiger partial charge < -0.3 is 5.32 Å². The molecule has 15 heavy (non-hydrogen) atoms. The van der Waals surface area contributed by atoms with Crippen LogP contribution in [0.25, 0.3) is 0 Å². The highest BCUT2D eigenvalue weighted by Gasteiger charge is 2.16. The molecule has 1 rings (SSSR count). The fourth-order valence-electron chi connectivity index (χ4n) is 2.24. The zero-order valence-electron chi connectivity index (χ0n) is 10.1. The van der Waals surface area contributed by atoms with Crippen LogP contribution in [0.15, 0.2) is 0 Å². The van der Waals surface area contributed by atoms with Crippen molar-refractivity contribution in [2.24, 2.45) is 5.92 Å². The summed E-state index contributed by atoms with van der Waals surface area (Å²) in [5.41, 5.74) is 0. The van der Waals surface area contributed by atoms with Gasteiger partial charge in [0, 0.05) is 13.0 Å². The highest BCUT2D eigenvalue weighted by Crippen LogP contribution is 2.18. The minimum Gasteiger partial charge on any atom is -0.356 e. The van der Waals surface area contributed by atoms with Gasteiger partial charge in [0.05, 0.1) is 0 Å². The molecule has 0 aliphatic carbocycles. The van der Waals surface area contributed by atoms with Gasteiger partial charge in [-0.15, -0.1) is 0 Å². The van der Waals surface area contributed by atoms with E-state index >= 15 is 0 Å². The summed E-state index contributed by atoms with van der Waals surface area (Å²) in [5, 5.41) is 2.95. The molecule has 1 aliphatic rings. The first kappa shape index (κ1) is 12.5. The van der Waals surface area contributed by atoms with Crippen molar-refractivity contribution in [1.82, 2.24) is 5.32 Å². The maximum absolute atomic E-state index is 10.9. The molecule has 0 aromatic heterocycles. The van der Waals surface area contributed by atoms with E-state index in [4.69, 9.17) is 0 Å². The van der Waals surface area contributed by atoms with Crippen molar-refractivity contribution < 1.29 is 4.79 Å². The Morgan fingerprint density at radius 3 is 2.60 bits per heavy atom. The first-order valence-electron chi connectivity index (χ1n) is 6.59. The number of carbonyl (C=O) groups is 1. The van der Waals surface area contributed by atoms with Gasteiger partial charge in [-0.05, 0) is 18.8 Å². The topological polar surface area (TPSA) is 29.1 Å². The van der Waals surface area contributed by atoms with Crippen molar-refractivity contribution in [2.45, 2.75) is 64.7 Å². The summed E-state index contributed by atoms with van der Waals surface area (Å²) in [4.78, 5) is 10.9. The third-order valence-electron chi connectivity index (χ3n) is 3.33. The number of piperidine rings is 1. The molecule has 2 heteroatoms. The van der Waals surface area contributed by atoms with E-state index in [2.05, 4.69) is 12.2 Å². The van der Waals surface area contributed by atoms with Crippen molar-refractivity contribution in [3.05, 3.63) is 0 Å². The van der Waals surface area contributed by atoms with Crippen LogP contribution in [0.2, 0.25) is 0 Å². The molecule has 0 saturated carbocycles. The van der Waals surface area contributed by atoms with E-state index < -0.39 is 0 Å². The molecular weight excluding hydrogens is 186 g/mol. The van der Waals surface area contributed by atoms with Crippen LogP contribution in [0.1, 0.15) is 64.7 Å². The van der Waals surface area contributed by atoms with Gasteiger partial charge in [0.15, 0.2) is 0 Å². The molecule has 0 aromatic carbocycles. The molecule has 1 unspecified atom stereocenters. The molecule has 2 nitrogen and oxygen atoms in total. The Bertz CT molecular complexity index is 169. The lowest BCUT2D eigenvalue weighted by atomic mass is 9.93. The predicted molar refractivity (Wildman–Crippen MR) is 63.7 cm³/mol. The Morgan fingerprint density at radius 1 is 1.20 bits per heavy atom. The zero-order valence-corrected chi connectivity index (χ0v) is 10.1. The molecule has 1 aliphatic heterocycles. The number of carbonyl (C=O) groups excluding carboxylic acids is 1. The summed E-state index contributed by atoms with van der Waals surface area (Å²) in [6.45, 7) is 3.18. The molecule has 1 heterocycles. The SMILES string of the molecule is CCCCCCCCC1CCC(=O)NC1. The molecule has 1 fully saturated rings. The monoisotopic (exact) mass is 211 g/mol. The van der Waals surface area contributed by atoms with E-state index in [0.29, 0.717) is 0 Å². The first-order valence-corrected chi connectivity index (χ1v) is 6.59. The van der Waals surface area contributed by atoms with Crippen LogP contribution in [0, 0.1) is 5.92 Å². The Labute approximate surface area is 93.8 Å². The smallest absolute Gasteiger partial charge is 0.220 e. The average Bonchev–Trinajstić information content (AvgIpc) is 2.26. The van der Waals surface area contributed by atoms with E-state index in [9.17, 15) is 4.79 Å². The van der Waals surface area contributed by atoms with Crippen LogP contribution >= 0.6 is 0 Å². The second-order valence-corrected chi connectivity index (χ2v) is 4.77. The predicted octanol–water partition coefficient (Wildman–Crippen LogP) is 3.26. The van der Waals surface area contributed by atoms with E-state index in [0.717, 1.165) is 25.3 Å². The number of hydrogen-bond donors (Lipinski definition) is 1. The summed E-state index contributed by atoms with van der Waals surface area (Å²) < 4.78 is 0. The maximum atomic E-state index is 10.9. The van der Waals surface area contributed by atoms with Gasteiger partial charge in [-0.25, -0.2) is 0 Å². The molecule has 1 atom stereocenters. The van der Waals surface area contributed by atoms with Crippen LogP contribution in [-0.2, 0) is 4.79 Å². The highest BCUT2D eigenvalue weighted by molar-refractivity contribution is 5.76. The molecule has 1 amide bonds. The second kappa shape index (κ2) is 7.72. The van der Waals surface area contributed by atoms with Gasteiger partial charge in [-0.2, -0.15) is 0 Å². The lowest BCUT2D eigenvalue weighted by Gasteiger charge is -2.22. The van der Waals surface area contributed by atoms with Crippen molar-refractivity contribution in [2.75, 3.05) is 6.54 Å². The Hall–Kier alpha value is -0.530. The minimum atomic E-state index is 0.245. The molecule has 0 radical (unpaired) electrons. The third kappa shape index (κ3) is 5.81. The number of hydrogen-bond acceptors (Lipinski definition) is 1. The average molecular weight is 211 g/mol. The number of unbranched alkanes of at least 4 members (excludes halogenated alkanes) is 5. The second-order valence-electron chi connectivity index (χ2n) is 4.77.